The minimum absolute atomic E-state index is 0.0488. The lowest BCUT2D eigenvalue weighted by Crippen LogP contribution is -2.22. The third kappa shape index (κ3) is 3.56. The Bertz CT molecular complexity index is 1380. The lowest BCUT2D eigenvalue weighted by molar-refractivity contribution is 0.559. The number of allylic oxidation sites excluding steroid dienone is 1. The molecule has 3 heterocycles. The van der Waals surface area contributed by atoms with Crippen LogP contribution in [-0.4, -0.2) is 9.55 Å². The molecule has 4 aromatic rings. The lowest BCUT2D eigenvalue weighted by Gasteiger charge is -2.11. The zero-order valence-electron chi connectivity index (χ0n) is 16.4. The molecule has 5 nitrogen and oxygen atoms in total. The van der Waals surface area contributed by atoms with E-state index >= 15 is 0 Å². The van der Waals surface area contributed by atoms with Crippen molar-refractivity contribution in [2.45, 2.75) is 38.2 Å². The van der Waals surface area contributed by atoms with Crippen molar-refractivity contribution in [3.8, 4) is 0 Å². The van der Waals surface area contributed by atoms with Crippen molar-refractivity contribution in [1.29, 1.82) is 0 Å². The van der Waals surface area contributed by atoms with Gasteiger partial charge in [-0.2, -0.15) is 0 Å². The fourth-order valence-electron chi connectivity index (χ4n) is 3.31. The van der Waals surface area contributed by atoms with Crippen LogP contribution in [0.25, 0.3) is 21.2 Å². The minimum Gasteiger partial charge on any atom is -0.423 e. The highest BCUT2D eigenvalue weighted by atomic mass is 32.2. The van der Waals surface area contributed by atoms with Crippen LogP contribution in [0.15, 0.2) is 56.1 Å². The Hall–Kier alpha value is -2.64. The molecule has 0 saturated heterocycles. The zero-order chi connectivity index (χ0) is 20.7. The average Bonchev–Trinajstić information content (AvgIpc) is 2.96. The van der Waals surface area contributed by atoms with Gasteiger partial charge in [-0.3, -0.25) is 9.36 Å². The van der Waals surface area contributed by atoms with E-state index < -0.39 is 0 Å². The van der Waals surface area contributed by atoms with Gasteiger partial charge in [-0.05, 0) is 43.5 Å². The quantitative estimate of drug-likeness (QED) is 0.196. The molecule has 0 saturated carbocycles. The Morgan fingerprint density at radius 2 is 2.03 bits per heavy atom. The topological polar surface area (TPSA) is 65.1 Å². The van der Waals surface area contributed by atoms with Crippen LogP contribution in [0.1, 0.15) is 21.6 Å². The van der Waals surface area contributed by atoms with Gasteiger partial charge in [0, 0.05) is 28.6 Å². The van der Waals surface area contributed by atoms with E-state index in [1.165, 1.54) is 29.2 Å². The van der Waals surface area contributed by atoms with Crippen molar-refractivity contribution in [2.24, 2.45) is 0 Å². The highest BCUT2D eigenvalue weighted by Crippen LogP contribution is 2.30. The number of hydrogen-bond donors (Lipinski definition) is 0. The fourth-order valence-corrected chi connectivity index (χ4v) is 5.38. The van der Waals surface area contributed by atoms with Crippen molar-refractivity contribution >= 4 is 44.3 Å². The van der Waals surface area contributed by atoms with Crippen LogP contribution in [0.4, 0.5) is 0 Å². The Kier molecular flexibility index (Phi) is 5.19. The smallest absolute Gasteiger partial charge is 0.336 e. The molecule has 0 spiro atoms. The Morgan fingerprint density at radius 3 is 2.79 bits per heavy atom. The van der Waals surface area contributed by atoms with Crippen LogP contribution in [0.3, 0.4) is 0 Å². The Balaban J connectivity index is 1.80. The molecule has 0 aliphatic carbocycles. The van der Waals surface area contributed by atoms with E-state index in [9.17, 15) is 9.59 Å². The van der Waals surface area contributed by atoms with Gasteiger partial charge in [0.2, 0.25) is 0 Å². The van der Waals surface area contributed by atoms with E-state index in [-0.39, 0.29) is 11.2 Å². The van der Waals surface area contributed by atoms with Gasteiger partial charge in [0.15, 0.2) is 5.16 Å². The first-order chi connectivity index (χ1) is 13.9. The second-order valence-corrected chi connectivity index (χ2v) is 9.09. The molecular weight excluding hydrogens is 404 g/mol. The molecule has 7 heteroatoms. The SMILES string of the molecule is C=CCn1c(SCc2cc(=O)oc3cc(C)ccc23)nc2sc(C)c(C)c2c1=O. The standard InChI is InChI=1S/C22H20N2O3S2/c1-5-8-24-21(26)19-13(3)14(4)29-20(19)23-22(24)28-11-15-10-18(25)27-17-9-12(2)6-7-16(15)17/h5-7,9-10H,1,8,11H2,2-4H3. The number of thioether (sulfide) groups is 1. The normalized spacial score (nSPS) is 11.4. The molecule has 0 aliphatic heterocycles. The molecule has 0 unspecified atom stereocenters. The highest BCUT2D eigenvalue weighted by molar-refractivity contribution is 7.98. The van der Waals surface area contributed by atoms with Gasteiger partial charge >= 0.3 is 5.63 Å². The first-order valence-corrected chi connectivity index (χ1v) is 11.0. The van der Waals surface area contributed by atoms with Gasteiger partial charge in [-0.25, -0.2) is 9.78 Å². The fraction of sp³-hybridized carbons (Fsp3) is 0.227. The molecule has 0 aliphatic rings. The lowest BCUT2D eigenvalue weighted by atomic mass is 10.1. The maximum absolute atomic E-state index is 13.1. The number of nitrogens with zero attached hydrogens (tertiary/aromatic N) is 2. The molecule has 0 radical (unpaired) electrons. The van der Waals surface area contributed by atoms with Gasteiger partial charge in [0.1, 0.15) is 10.4 Å². The number of thiophene rings is 1. The summed E-state index contributed by atoms with van der Waals surface area (Å²) in [7, 11) is 0. The number of aromatic nitrogens is 2. The summed E-state index contributed by atoms with van der Waals surface area (Å²) in [5.41, 5.74) is 3.02. The van der Waals surface area contributed by atoms with Crippen molar-refractivity contribution in [3.63, 3.8) is 0 Å². The molecule has 3 aromatic heterocycles. The summed E-state index contributed by atoms with van der Waals surface area (Å²) in [5.74, 6) is 0.504. The summed E-state index contributed by atoms with van der Waals surface area (Å²) >= 11 is 2.98. The largest absolute Gasteiger partial charge is 0.423 e. The number of rotatable bonds is 5. The van der Waals surface area contributed by atoms with E-state index in [2.05, 4.69) is 6.58 Å². The zero-order valence-corrected chi connectivity index (χ0v) is 18.1. The Labute approximate surface area is 175 Å². The van der Waals surface area contributed by atoms with Crippen molar-refractivity contribution < 1.29 is 4.42 Å². The molecule has 0 bridgehead atoms. The van der Waals surface area contributed by atoms with E-state index in [0.29, 0.717) is 28.4 Å². The van der Waals surface area contributed by atoms with Crippen LogP contribution in [0.2, 0.25) is 0 Å². The van der Waals surface area contributed by atoms with Crippen molar-refractivity contribution in [1.82, 2.24) is 9.55 Å². The second-order valence-electron chi connectivity index (χ2n) is 6.94. The molecule has 0 N–H and O–H groups in total. The van der Waals surface area contributed by atoms with Gasteiger partial charge in [-0.15, -0.1) is 17.9 Å². The monoisotopic (exact) mass is 424 g/mol. The molecule has 0 atom stereocenters. The van der Waals surface area contributed by atoms with E-state index in [1.54, 1.807) is 10.6 Å². The van der Waals surface area contributed by atoms with Gasteiger partial charge in [0.05, 0.1) is 5.39 Å². The van der Waals surface area contributed by atoms with Crippen LogP contribution in [-0.2, 0) is 12.3 Å². The summed E-state index contributed by atoms with van der Waals surface area (Å²) in [6.45, 7) is 10.1. The summed E-state index contributed by atoms with van der Waals surface area (Å²) in [6, 6.07) is 7.33. The van der Waals surface area contributed by atoms with Crippen molar-refractivity contribution in [2.75, 3.05) is 0 Å². The molecule has 0 amide bonds. The molecule has 148 valence electrons. The summed E-state index contributed by atoms with van der Waals surface area (Å²) in [6.07, 6.45) is 1.70. The first kappa shape index (κ1) is 19.7. The number of benzene rings is 1. The summed E-state index contributed by atoms with van der Waals surface area (Å²) < 4.78 is 6.99. The molecule has 29 heavy (non-hydrogen) atoms. The minimum atomic E-state index is -0.380. The molecule has 1 aromatic carbocycles. The summed E-state index contributed by atoms with van der Waals surface area (Å²) in [4.78, 5) is 31.7. The van der Waals surface area contributed by atoms with Crippen LogP contribution >= 0.6 is 23.1 Å². The Morgan fingerprint density at radius 1 is 1.24 bits per heavy atom. The average molecular weight is 425 g/mol. The summed E-state index contributed by atoms with van der Waals surface area (Å²) in [5, 5.41) is 2.20. The second kappa shape index (κ2) is 7.65. The predicted molar refractivity (Wildman–Crippen MR) is 120 cm³/mol. The number of aryl methyl sites for hydroxylation is 3. The molecular formula is C22H20N2O3S2. The predicted octanol–water partition coefficient (Wildman–Crippen LogP) is 4.97. The van der Waals surface area contributed by atoms with Crippen LogP contribution in [0, 0.1) is 20.8 Å². The van der Waals surface area contributed by atoms with Crippen LogP contribution in [0.5, 0.6) is 0 Å². The van der Waals surface area contributed by atoms with Crippen molar-refractivity contribution in [3.05, 3.63) is 79.3 Å². The first-order valence-electron chi connectivity index (χ1n) is 9.16. The molecule has 0 fully saturated rings. The highest BCUT2D eigenvalue weighted by Gasteiger charge is 2.17. The third-order valence-corrected chi connectivity index (χ3v) is 7.03. The van der Waals surface area contributed by atoms with Gasteiger partial charge in [-0.1, -0.05) is 30.0 Å². The molecule has 4 rings (SSSR count). The number of hydrogen-bond acceptors (Lipinski definition) is 6. The maximum atomic E-state index is 13.1. The van der Waals surface area contributed by atoms with Gasteiger partial charge < -0.3 is 4.42 Å². The van der Waals surface area contributed by atoms with Gasteiger partial charge in [0.25, 0.3) is 5.56 Å². The van der Waals surface area contributed by atoms with Crippen LogP contribution < -0.4 is 11.2 Å². The van der Waals surface area contributed by atoms with E-state index in [0.717, 1.165) is 31.8 Å². The van der Waals surface area contributed by atoms with E-state index in [4.69, 9.17) is 9.40 Å². The number of fused-ring (bicyclic) bond motifs is 2. The third-order valence-electron chi connectivity index (χ3n) is 4.91. The van der Waals surface area contributed by atoms with E-state index in [1.807, 2.05) is 39.0 Å². The maximum Gasteiger partial charge on any atom is 0.336 e.